The molecule has 3 N–H and O–H groups in total. The molecule has 1 atom stereocenters. The van der Waals surface area contributed by atoms with Gasteiger partial charge >= 0.3 is 0 Å². The SMILES string of the molecule is Cl.NCCC1CCCCN1Cc1cccc(O)c1. The highest BCUT2D eigenvalue weighted by molar-refractivity contribution is 5.85. The number of hydrogen-bond acceptors (Lipinski definition) is 3. The predicted octanol–water partition coefficient (Wildman–Crippen LogP) is 2.52. The third-order valence-electron chi connectivity index (χ3n) is 3.55. The maximum absolute atomic E-state index is 9.47. The highest BCUT2D eigenvalue weighted by atomic mass is 35.5. The molecule has 1 saturated heterocycles. The van der Waals surface area contributed by atoms with Crippen LogP contribution in [0.3, 0.4) is 0 Å². The van der Waals surface area contributed by atoms with Gasteiger partial charge in [0.25, 0.3) is 0 Å². The molecule has 0 bridgehead atoms. The summed E-state index contributed by atoms with van der Waals surface area (Å²) in [5.74, 6) is 0.356. The van der Waals surface area contributed by atoms with Crippen molar-refractivity contribution in [2.45, 2.75) is 38.3 Å². The molecule has 1 heterocycles. The number of phenolic OH excluding ortho intramolecular Hbond substituents is 1. The average molecular weight is 271 g/mol. The first kappa shape index (κ1) is 15.3. The van der Waals surface area contributed by atoms with Gasteiger partial charge in [0.05, 0.1) is 0 Å². The highest BCUT2D eigenvalue weighted by Crippen LogP contribution is 2.22. The Kier molecular flexibility index (Phi) is 6.47. The molecule has 1 aliphatic heterocycles. The van der Waals surface area contributed by atoms with Gasteiger partial charge < -0.3 is 10.8 Å². The lowest BCUT2D eigenvalue weighted by atomic mass is 9.98. The van der Waals surface area contributed by atoms with E-state index < -0.39 is 0 Å². The Bertz CT molecular complexity index is 357. The number of phenols is 1. The number of nitrogens with zero attached hydrogens (tertiary/aromatic N) is 1. The number of likely N-dealkylation sites (tertiary alicyclic amines) is 1. The van der Waals surface area contributed by atoms with Crippen LogP contribution in [0.1, 0.15) is 31.2 Å². The number of rotatable bonds is 4. The second-order valence-corrected chi connectivity index (χ2v) is 4.87. The van der Waals surface area contributed by atoms with E-state index in [4.69, 9.17) is 5.73 Å². The van der Waals surface area contributed by atoms with E-state index in [9.17, 15) is 5.11 Å². The van der Waals surface area contributed by atoms with Crippen molar-refractivity contribution >= 4 is 12.4 Å². The summed E-state index contributed by atoms with van der Waals surface area (Å²) in [6.07, 6.45) is 4.94. The van der Waals surface area contributed by atoms with E-state index >= 15 is 0 Å². The molecule has 0 saturated carbocycles. The van der Waals surface area contributed by atoms with Crippen LogP contribution in [-0.4, -0.2) is 29.1 Å². The van der Waals surface area contributed by atoms with Crippen molar-refractivity contribution in [3.05, 3.63) is 29.8 Å². The molecule has 1 aliphatic rings. The first-order chi connectivity index (χ1) is 8.29. The van der Waals surface area contributed by atoms with Crippen LogP contribution in [0.2, 0.25) is 0 Å². The number of aromatic hydroxyl groups is 1. The average Bonchev–Trinajstić information content (AvgIpc) is 2.32. The predicted molar refractivity (Wildman–Crippen MR) is 77.1 cm³/mol. The summed E-state index contributed by atoms with van der Waals surface area (Å²) in [6.45, 7) is 2.85. The second-order valence-electron chi connectivity index (χ2n) is 4.87. The van der Waals surface area contributed by atoms with E-state index in [0.29, 0.717) is 11.8 Å². The molecule has 18 heavy (non-hydrogen) atoms. The fourth-order valence-electron chi connectivity index (χ4n) is 2.68. The van der Waals surface area contributed by atoms with Crippen LogP contribution in [0.15, 0.2) is 24.3 Å². The molecule has 1 aromatic carbocycles. The first-order valence-electron chi connectivity index (χ1n) is 6.51. The minimum atomic E-state index is 0. The summed E-state index contributed by atoms with van der Waals surface area (Å²) in [4.78, 5) is 2.51. The van der Waals surface area contributed by atoms with Crippen molar-refractivity contribution in [2.24, 2.45) is 5.73 Å². The maximum atomic E-state index is 9.47. The summed E-state index contributed by atoms with van der Waals surface area (Å²) in [5, 5.41) is 9.47. The van der Waals surface area contributed by atoms with E-state index in [1.54, 1.807) is 6.07 Å². The second kappa shape index (κ2) is 7.62. The topological polar surface area (TPSA) is 49.5 Å². The molecular weight excluding hydrogens is 248 g/mol. The zero-order valence-electron chi connectivity index (χ0n) is 10.7. The third-order valence-corrected chi connectivity index (χ3v) is 3.55. The van der Waals surface area contributed by atoms with Crippen LogP contribution in [0.5, 0.6) is 5.75 Å². The van der Waals surface area contributed by atoms with Crippen LogP contribution in [0, 0.1) is 0 Å². The highest BCUT2D eigenvalue weighted by Gasteiger charge is 2.21. The Hall–Kier alpha value is -0.770. The van der Waals surface area contributed by atoms with Gasteiger partial charge in [-0.3, -0.25) is 4.90 Å². The number of halogens is 1. The van der Waals surface area contributed by atoms with Gasteiger partial charge in [-0.1, -0.05) is 18.6 Å². The van der Waals surface area contributed by atoms with Gasteiger partial charge in [0.1, 0.15) is 5.75 Å². The molecule has 1 fully saturated rings. The molecule has 2 rings (SSSR count). The summed E-state index contributed by atoms with van der Waals surface area (Å²) < 4.78 is 0. The Balaban J connectivity index is 0.00000162. The zero-order chi connectivity index (χ0) is 12.1. The van der Waals surface area contributed by atoms with Crippen molar-refractivity contribution in [3.8, 4) is 5.75 Å². The van der Waals surface area contributed by atoms with Gasteiger partial charge in [-0.15, -0.1) is 12.4 Å². The number of piperidine rings is 1. The van der Waals surface area contributed by atoms with Crippen molar-refractivity contribution in [1.82, 2.24) is 4.90 Å². The molecule has 1 aromatic rings. The van der Waals surface area contributed by atoms with Gasteiger partial charge in [-0.25, -0.2) is 0 Å². The fourth-order valence-corrected chi connectivity index (χ4v) is 2.68. The molecule has 4 heteroatoms. The van der Waals surface area contributed by atoms with Crippen molar-refractivity contribution in [1.29, 1.82) is 0 Å². The van der Waals surface area contributed by atoms with Crippen LogP contribution in [-0.2, 0) is 6.54 Å². The van der Waals surface area contributed by atoms with E-state index in [0.717, 1.165) is 26.1 Å². The van der Waals surface area contributed by atoms with E-state index in [1.165, 1.54) is 24.8 Å². The minimum Gasteiger partial charge on any atom is -0.508 e. The lowest BCUT2D eigenvalue weighted by Gasteiger charge is -2.35. The summed E-state index contributed by atoms with van der Waals surface area (Å²) in [7, 11) is 0. The molecule has 0 amide bonds. The van der Waals surface area contributed by atoms with Gasteiger partial charge in [-0.2, -0.15) is 0 Å². The van der Waals surface area contributed by atoms with Gasteiger partial charge in [0.2, 0.25) is 0 Å². The zero-order valence-corrected chi connectivity index (χ0v) is 11.5. The Labute approximate surface area is 115 Å². The van der Waals surface area contributed by atoms with Crippen molar-refractivity contribution in [3.63, 3.8) is 0 Å². The summed E-state index contributed by atoms with van der Waals surface area (Å²) >= 11 is 0. The largest absolute Gasteiger partial charge is 0.508 e. The standard InChI is InChI=1S/C14H22N2O.ClH/c15-8-7-13-5-1-2-9-16(13)11-12-4-3-6-14(17)10-12;/h3-4,6,10,13,17H,1-2,5,7-9,11,15H2;1H. The fraction of sp³-hybridized carbons (Fsp3) is 0.571. The molecular formula is C14H23ClN2O. The molecule has 3 nitrogen and oxygen atoms in total. The maximum Gasteiger partial charge on any atom is 0.115 e. The summed E-state index contributed by atoms with van der Waals surface area (Å²) in [6, 6.07) is 8.18. The minimum absolute atomic E-state index is 0. The molecule has 0 aliphatic carbocycles. The van der Waals surface area contributed by atoms with Crippen molar-refractivity contribution in [2.75, 3.05) is 13.1 Å². The van der Waals surface area contributed by atoms with E-state index in [2.05, 4.69) is 11.0 Å². The van der Waals surface area contributed by atoms with E-state index in [-0.39, 0.29) is 12.4 Å². The smallest absolute Gasteiger partial charge is 0.115 e. The lowest BCUT2D eigenvalue weighted by Crippen LogP contribution is -2.40. The molecule has 0 spiro atoms. The van der Waals surface area contributed by atoms with E-state index in [1.807, 2.05) is 12.1 Å². The molecule has 102 valence electrons. The quantitative estimate of drug-likeness (QED) is 0.884. The number of hydrogen-bond donors (Lipinski definition) is 2. The van der Waals surface area contributed by atoms with Crippen LogP contribution < -0.4 is 5.73 Å². The first-order valence-corrected chi connectivity index (χ1v) is 6.51. The molecule has 0 radical (unpaired) electrons. The Morgan fingerprint density at radius 1 is 1.33 bits per heavy atom. The normalized spacial score (nSPS) is 20.4. The van der Waals surface area contributed by atoms with Gasteiger partial charge in [-0.05, 0) is 50.0 Å². The third kappa shape index (κ3) is 4.16. The summed E-state index contributed by atoms with van der Waals surface area (Å²) in [5.41, 5.74) is 6.86. The van der Waals surface area contributed by atoms with Gasteiger partial charge in [0.15, 0.2) is 0 Å². The van der Waals surface area contributed by atoms with Crippen LogP contribution in [0.25, 0.3) is 0 Å². The van der Waals surface area contributed by atoms with Crippen LogP contribution in [0.4, 0.5) is 0 Å². The van der Waals surface area contributed by atoms with Gasteiger partial charge in [0, 0.05) is 12.6 Å². The van der Waals surface area contributed by atoms with Crippen molar-refractivity contribution < 1.29 is 5.11 Å². The van der Waals surface area contributed by atoms with Crippen LogP contribution >= 0.6 is 12.4 Å². The Morgan fingerprint density at radius 3 is 2.89 bits per heavy atom. The Morgan fingerprint density at radius 2 is 2.17 bits per heavy atom. The molecule has 0 aromatic heterocycles. The number of nitrogens with two attached hydrogens (primary N) is 1. The lowest BCUT2D eigenvalue weighted by molar-refractivity contribution is 0.134. The molecule has 1 unspecified atom stereocenters. The monoisotopic (exact) mass is 270 g/mol. The number of benzene rings is 1.